The molecular weight excluding hydrogens is 290 g/mol. The molecule has 1 aromatic carbocycles. The zero-order chi connectivity index (χ0) is 16.2. The summed E-state index contributed by atoms with van der Waals surface area (Å²) >= 11 is 0. The number of nitrogens with one attached hydrogen (secondary N) is 1. The summed E-state index contributed by atoms with van der Waals surface area (Å²) in [6.45, 7) is 0.495. The SMILES string of the molecule is CN1Cc2c(NC(=O)C3(C#N)CC34CCCC4)cccc2C1=O. The van der Waals surface area contributed by atoms with Crippen molar-refractivity contribution in [2.24, 2.45) is 10.8 Å². The van der Waals surface area contributed by atoms with E-state index in [1.165, 1.54) is 0 Å². The molecular formula is C18H19N3O2. The lowest BCUT2D eigenvalue weighted by Gasteiger charge is -2.16. The highest BCUT2D eigenvalue weighted by Crippen LogP contribution is 2.71. The van der Waals surface area contributed by atoms with Gasteiger partial charge in [0.15, 0.2) is 0 Å². The Kier molecular flexibility index (Phi) is 2.84. The molecule has 1 atom stereocenters. The van der Waals surface area contributed by atoms with Gasteiger partial charge in [-0.2, -0.15) is 5.26 Å². The van der Waals surface area contributed by atoms with Gasteiger partial charge in [0.1, 0.15) is 5.41 Å². The summed E-state index contributed by atoms with van der Waals surface area (Å²) in [6, 6.07) is 7.68. The van der Waals surface area contributed by atoms with Gasteiger partial charge in [-0.15, -0.1) is 0 Å². The van der Waals surface area contributed by atoms with E-state index in [9.17, 15) is 14.9 Å². The van der Waals surface area contributed by atoms with Gasteiger partial charge >= 0.3 is 0 Å². The van der Waals surface area contributed by atoms with Crippen LogP contribution >= 0.6 is 0 Å². The van der Waals surface area contributed by atoms with Crippen molar-refractivity contribution in [1.29, 1.82) is 5.26 Å². The summed E-state index contributed by atoms with van der Waals surface area (Å²) in [4.78, 5) is 26.5. The lowest BCUT2D eigenvalue weighted by atomic mass is 9.91. The molecule has 1 heterocycles. The minimum Gasteiger partial charge on any atom is -0.337 e. The van der Waals surface area contributed by atoms with Gasteiger partial charge in [-0.25, -0.2) is 0 Å². The molecule has 1 N–H and O–H groups in total. The van der Waals surface area contributed by atoms with Crippen LogP contribution in [0.5, 0.6) is 0 Å². The number of nitriles is 1. The molecule has 0 aromatic heterocycles. The summed E-state index contributed by atoms with van der Waals surface area (Å²) in [7, 11) is 1.75. The van der Waals surface area contributed by atoms with Crippen LogP contribution in [-0.2, 0) is 11.3 Å². The van der Waals surface area contributed by atoms with Crippen LogP contribution in [0.4, 0.5) is 5.69 Å². The molecule has 2 amide bonds. The topological polar surface area (TPSA) is 73.2 Å². The highest BCUT2D eigenvalue weighted by Gasteiger charge is 2.72. The van der Waals surface area contributed by atoms with Crippen molar-refractivity contribution in [3.63, 3.8) is 0 Å². The van der Waals surface area contributed by atoms with Crippen molar-refractivity contribution in [1.82, 2.24) is 4.90 Å². The van der Waals surface area contributed by atoms with E-state index in [2.05, 4.69) is 11.4 Å². The third-order valence-corrected chi connectivity index (χ3v) is 5.92. The minimum atomic E-state index is -0.874. The van der Waals surface area contributed by atoms with Crippen molar-refractivity contribution >= 4 is 17.5 Å². The Morgan fingerprint density at radius 2 is 2.09 bits per heavy atom. The first-order chi connectivity index (χ1) is 11.0. The third kappa shape index (κ3) is 1.78. The highest BCUT2D eigenvalue weighted by atomic mass is 16.2. The molecule has 23 heavy (non-hydrogen) atoms. The van der Waals surface area contributed by atoms with Crippen LogP contribution < -0.4 is 5.32 Å². The third-order valence-electron chi connectivity index (χ3n) is 5.92. The van der Waals surface area contributed by atoms with Gasteiger partial charge in [0.2, 0.25) is 5.91 Å². The van der Waals surface area contributed by atoms with Crippen molar-refractivity contribution < 1.29 is 9.59 Å². The van der Waals surface area contributed by atoms with E-state index < -0.39 is 5.41 Å². The number of nitrogens with zero attached hydrogens (tertiary/aromatic N) is 2. The summed E-state index contributed by atoms with van der Waals surface area (Å²) in [5.74, 6) is -0.220. The second-order valence-electron chi connectivity index (χ2n) is 7.13. The second-order valence-corrected chi connectivity index (χ2v) is 7.13. The number of anilines is 1. The lowest BCUT2D eigenvalue weighted by molar-refractivity contribution is -0.120. The van der Waals surface area contributed by atoms with Gasteiger partial charge in [0, 0.05) is 35.8 Å². The van der Waals surface area contributed by atoms with E-state index in [1.807, 2.05) is 6.07 Å². The van der Waals surface area contributed by atoms with E-state index in [1.54, 1.807) is 24.1 Å². The van der Waals surface area contributed by atoms with Crippen LogP contribution in [0.3, 0.4) is 0 Å². The number of carbonyl (C=O) groups is 2. The van der Waals surface area contributed by atoms with Crippen LogP contribution in [0.15, 0.2) is 18.2 Å². The average molecular weight is 309 g/mol. The molecule has 2 saturated carbocycles. The summed E-state index contributed by atoms with van der Waals surface area (Å²) in [6.07, 6.45) is 4.84. The molecule has 3 aliphatic rings. The van der Waals surface area contributed by atoms with E-state index in [0.717, 1.165) is 31.2 Å². The molecule has 2 fully saturated rings. The Morgan fingerprint density at radius 3 is 2.78 bits per heavy atom. The lowest BCUT2D eigenvalue weighted by Crippen LogP contribution is -2.28. The largest absolute Gasteiger partial charge is 0.337 e. The van der Waals surface area contributed by atoms with Gasteiger partial charge in [0.05, 0.1) is 6.07 Å². The van der Waals surface area contributed by atoms with Crippen LogP contribution in [-0.4, -0.2) is 23.8 Å². The fourth-order valence-electron chi connectivity index (χ4n) is 4.47. The maximum Gasteiger partial charge on any atom is 0.254 e. The number of benzene rings is 1. The molecule has 0 bridgehead atoms. The molecule has 1 unspecified atom stereocenters. The molecule has 0 saturated heterocycles. The van der Waals surface area contributed by atoms with Crippen molar-refractivity contribution in [3.8, 4) is 6.07 Å². The molecule has 1 aromatic rings. The summed E-state index contributed by atoms with van der Waals surface area (Å²) in [5, 5.41) is 12.6. The highest BCUT2D eigenvalue weighted by molar-refractivity contribution is 6.04. The zero-order valence-electron chi connectivity index (χ0n) is 13.2. The van der Waals surface area contributed by atoms with Crippen LogP contribution in [0.2, 0.25) is 0 Å². The molecule has 2 aliphatic carbocycles. The molecule has 1 aliphatic heterocycles. The molecule has 118 valence electrons. The first-order valence-electron chi connectivity index (χ1n) is 8.13. The molecule has 5 nitrogen and oxygen atoms in total. The Bertz CT molecular complexity index is 758. The van der Waals surface area contributed by atoms with Gasteiger partial charge in [-0.3, -0.25) is 9.59 Å². The zero-order valence-corrected chi connectivity index (χ0v) is 13.2. The summed E-state index contributed by atoms with van der Waals surface area (Å²) in [5.41, 5.74) is 1.18. The van der Waals surface area contributed by atoms with Gasteiger partial charge in [0.25, 0.3) is 5.91 Å². The standard InChI is InChI=1S/C18H19N3O2/c1-21-9-13-12(15(21)22)5-4-6-14(13)20-16(23)18(11-19)10-17(18)7-2-3-8-17/h4-6H,2-3,7-10H2,1H3,(H,20,23). The number of hydrogen-bond acceptors (Lipinski definition) is 3. The Balaban J connectivity index is 1.62. The van der Waals surface area contributed by atoms with Crippen molar-refractivity contribution in [3.05, 3.63) is 29.3 Å². The van der Waals surface area contributed by atoms with E-state index in [-0.39, 0.29) is 17.2 Å². The quantitative estimate of drug-likeness (QED) is 0.913. The summed E-state index contributed by atoms with van der Waals surface area (Å²) < 4.78 is 0. The van der Waals surface area contributed by atoms with Crippen LogP contribution in [0.25, 0.3) is 0 Å². The van der Waals surface area contributed by atoms with Crippen LogP contribution in [0, 0.1) is 22.2 Å². The predicted octanol–water partition coefficient (Wildman–Crippen LogP) is 2.68. The Morgan fingerprint density at radius 1 is 1.35 bits per heavy atom. The first-order valence-corrected chi connectivity index (χ1v) is 8.13. The number of hydrogen-bond donors (Lipinski definition) is 1. The minimum absolute atomic E-state index is 0.0234. The van der Waals surface area contributed by atoms with Crippen LogP contribution in [0.1, 0.15) is 48.0 Å². The van der Waals surface area contributed by atoms with Crippen molar-refractivity contribution in [2.45, 2.75) is 38.6 Å². The second kappa shape index (κ2) is 4.58. The molecule has 4 rings (SSSR count). The monoisotopic (exact) mass is 309 g/mol. The maximum atomic E-state index is 12.8. The normalized spacial score (nSPS) is 27.0. The first kappa shape index (κ1) is 14.3. The number of amides is 2. The Labute approximate surface area is 135 Å². The fourth-order valence-corrected chi connectivity index (χ4v) is 4.47. The van der Waals surface area contributed by atoms with E-state index in [0.29, 0.717) is 24.2 Å². The van der Waals surface area contributed by atoms with Gasteiger partial charge < -0.3 is 10.2 Å². The average Bonchev–Trinajstić information content (AvgIpc) is 2.77. The smallest absolute Gasteiger partial charge is 0.254 e. The van der Waals surface area contributed by atoms with Gasteiger partial charge in [-0.1, -0.05) is 18.9 Å². The van der Waals surface area contributed by atoms with Crippen molar-refractivity contribution in [2.75, 3.05) is 12.4 Å². The number of rotatable bonds is 2. The van der Waals surface area contributed by atoms with Gasteiger partial charge in [-0.05, 0) is 31.4 Å². The number of fused-ring (bicyclic) bond motifs is 1. The fraction of sp³-hybridized carbons (Fsp3) is 0.500. The maximum absolute atomic E-state index is 12.8. The number of carbonyl (C=O) groups excluding carboxylic acids is 2. The van der Waals surface area contributed by atoms with E-state index >= 15 is 0 Å². The predicted molar refractivity (Wildman–Crippen MR) is 84.4 cm³/mol. The Hall–Kier alpha value is -2.35. The molecule has 0 radical (unpaired) electrons. The molecule has 5 heteroatoms. The molecule has 1 spiro atoms. The van der Waals surface area contributed by atoms with E-state index in [4.69, 9.17) is 0 Å².